The summed E-state index contributed by atoms with van der Waals surface area (Å²) in [7, 11) is 1.87. The Morgan fingerprint density at radius 2 is 2.19 bits per heavy atom. The summed E-state index contributed by atoms with van der Waals surface area (Å²) in [6.45, 7) is 1.43. The minimum atomic E-state index is -4.41. The molecule has 1 fully saturated rings. The van der Waals surface area contributed by atoms with Crippen molar-refractivity contribution in [3.63, 3.8) is 0 Å². The van der Waals surface area contributed by atoms with Gasteiger partial charge in [0.15, 0.2) is 0 Å². The highest BCUT2D eigenvalue weighted by Crippen LogP contribution is 2.36. The number of alkyl halides is 3. The van der Waals surface area contributed by atoms with Gasteiger partial charge in [-0.1, -0.05) is 11.3 Å². The molecule has 2 aromatic rings. The third-order valence-corrected chi connectivity index (χ3v) is 4.52. The molecule has 0 radical (unpaired) electrons. The molecule has 3 rings (SSSR count). The molecule has 1 atom stereocenters. The Morgan fingerprint density at radius 3 is 2.81 bits per heavy atom. The van der Waals surface area contributed by atoms with Gasteiger partial charge in [0.25, 0.3) is 0 Å². The maximum absolute atomic E-state index is 12.5. The highest BCUT2D eigenvalue weighted by atomic mass is 32.1. The van der Waals surface area contributed by atoms with Crippen LogP contribution in [0.3, 0.4) is 0 Å². The molecular weight excluding hydrogens is 303 g/mol. The quantitative estimate of drug-likeness (QED) is 0.872. The maximum atomic E-state index is 12.5. The molecule has 1 unspecified atom stereocenters. The number of halogens is 3. The molecule has 1 saturated heterocycles. The summed E-state index contributed by atoms with van der Waals surface area (Å²) in [6, 6.07) is 0. The molecule has 3 heterocycles. The lowest BCUT2D eigenvalue weighted by Crippen LogP contribution is -2.19. The van der Waals surface area contributed by atoms with Crippen molar-refractivity contribution in [1.82, 2.24) is 20.0 Å². The normalized spacial score (nSPS) is 19.4. The molecule has 0 saturated carbocycles. The number of aromatic nitrogens is 4. The summed E-state index contributed by atoms with van der Waals surface area (Å²) in [6.07, 6.45) is 1.21. The van der Waals surface area contributed by atoms with Crippen molar-refractivity contribution in [2.45, 2.75) is 19.0 Å². The number of nitrogens with zero attached hydrogens (tertiary/aromatic N) is 5. The van der Waals surface area contributed by atoms with Crippen molar-refractivity contribution in [2.75, 3.05) is 18.0 Å². The molecule has 1 aliphatic heterocycles. The van der Waals surface area contributed by atoms with Crippen LogP contribution in [0, 0.1) is 5.92 Å². The Labute approximate surface area is 123 Å². The Balaban J connectivity index is 1.63. The third kappa shape index (κ3) is 3.17. The van der Waals surface area contributed by atoms with Crippen molar-refractivity contribution >= 4 is 16.5 Å². The predicted octanol–water partition coefficient (Wildman–Crippen LogP) is 2.36. The van der Waals surface area contributed by atoms with Crippen LogP contribution in [0.1, 0.15) is 17.0 Å². The monoisotopic (exact) mass is 317 g/mol. The lowest BCUT2D eigenvalue weighted by atomic mass is 10.0. The van der Waals surface area contributed by atoms with E-state index in [1.807, 2.05) is 24.3 Å². The van der Waals surface area contributed by atoms with Crippen LogP contribution in [0.5, 0.6) is 0 Å². The van der Waals surface area contributed by atoms with Crippen LogP contribution in [-0.2, 0) is 19.6 Å². The van der Waals surface area contributed by atoms with Gasteiger partial charge in [0.1, 0.15) is 0 Å². The Morgan fingerprint density at radius 1 is 1.38 bits per heavy atom. The smallest absolute Gasteiger partial charge is 0.346 e. The summed E-state index contributed by atoms with van der Waals surface area (Å²) in [5, 5.41) is 10.5. The molecule has 0 spiro atoms. The van der Waals surface area contributed by atoms with Gasteiger partial charge in [-0.25, -0.2) is 0 Å². The van der Waals surface area contributed by atoms with Gasteiger partial charge in [0.2, 0.25) is 10.1 Å². The molecule has 0 aromatic carbocycles. The van der Waals surface area contributed by atoms with Gasteiger partial charge in [-0.15, -0.1) is 10.2 Å². The van der Waals surface area contributed by atoms with Gasteiger partial charge in [-0.3, -0.25) is 4.68 Å². The van der Waals surface area contributed by atoms with E-state index in [4.69, 9.17) is 0 Å². The first kappa shape index (κ1) is 14.3. The van der Waals surface area contributed by atoms with Gasteiger partial charge in [0, 0.05) is 26.3 Å². The summed E-state index contributed by atoms with van der Waals surface area (Å²) in [5.74, 6) is 0.410. The van der Waals surface area contributed by atoms with E-state index in [0.717, 1.165) is 24.9 Å². The number of hydrogen-bond donors (Lipinski definition) is 0. The van der Waals surface area contributed by atoms with Crippen LogP contribution >= 0.6 is 11.3 Å². The van der Waals surface area contributed by atoms with Crippen molar-refractivity contribution < 1.29 is 13.2 Å². The third-order valence-electron chi connectivity index (χ3n) is 3.50. The van der Waals surface area contributed by atoms with E-state index in [1.54, 1.807) is 4.68 Å². The average molecular weight is 317 g/mol. The summed E-state index contributed by atoms with van der Waals surface area (Å²) in [4.78, 5) is 1.88. The largest absolute Gasteiger partial charge is 0.445 e. The fraction of sp³-hybridized carbons (Fsp3) is 0.583. The van der Waals surface area contributed by atoms with Gasteiger partial charge >= 0.3 is 6.18 Å². The minimum absolute atomic E-state index is 0.357. The maximum Gasteiger partial charge on any atom is 0.445 e. The Hall–Kier alpha value is -1.64. The highest BCUT2D eigenvalue weighted by Gasteiger charge is 2.37. The fourth-order valence-electron chi connectivity index (χ4n) is 2.54. The molecule has 9 heteroatoms. The summed E-state index contributed by atoms with van der Waals surface area (Å²) >= 11 is 0.612. The second-order valence-electron chi connectivity index (χ2n) is 5.21. The lowest BCUT2D eigenvalue weighted by molar-refractivity contribution is -0.138. The van der Waals surface area contributed by atoms with E-state index in [2.05, 4.69) is 15.3 Å². The van der Waals surface area contributed by atoms with Crippen molar-refractivity contribution in [2.24, 2.45) is 13.0 Å². The Kier molecular flexibility index (Phi) is 3.60. The number of aryl methyl sites for hydroxylation is 1. The molecule has 0 N–H and O–H groups in total. The molecule has 2 aromatic heterocycles. The van der Waals surface area contributed by atoms with Crippen molar-refractivity contribution in [1.29, 1.82) is 0 Å². The van der Waals surface area contributed by atoms with Crippen LogP contribution in [0.4, 0.5) is 18.3 Å². The molecular formula is C12H14F3N5S. The number of anilines is 1. The van der Waals surface area contributed by atoms with Crippen LogP contribution in [-0.4, -0.2) is 33.1 Å². The van der Waals surface area contributed by atoms with Gasteiger partial charge in [-0.05, 0) is 24.3 Å². The highest BCUT2D eigenvalue weighted by molar-refractivity contribution is 7.15. The predicted molar refractivity (Wildman–Crippen MR) is 72.1 cm³/mol. The SMILES string of the molecule is Cn1cc(CC2CCN(c3nnc(C(F)(F)F)s3)C2)cn1. The van der Waals surface area contributed by atoms with E-state index in [9.17, 15) is 13.2 Å². The second-order valence-corrected chi connectivity index (χ2v) is 6.17. The van der Waals surface area contributed by atoms with Gasteiger partial charge < -0.3 is 4.90 Å². The zero-order valence-corrected chi connectivity index (χ0v) is 12.2. The zero-order valence-electron chi connectivity index (χ0n) is 11.3. The van der Waals surface area contributed by atoms with E-state index in [0.29, 0.717) is 28.9 Å². The second kappa shape index (κ2) is 5.28. The van der Waals surface area contributed by atoms with E-state index in [1.165, 1.54) is 0 Å². The average Bonchev–Trinajstić information content (AvgIpc) is 3.08. The molecule has 0 aliphatic carbocycles. The molecule has 0 amide bonds. The molecule has 21 heavy (non-hydrogen) atoms. The first-order chi connectivity index (χ1) is 9.91. The van der Waals surface area contributed by atoms with Crippen LogP contribution < -0.4 is 4.90 Å². The molecule has 5 nitrogen and oxygen atoms in total. The fourth-order valence-corrected chi connectivity index (χ4v) is 3.29. The summed E-state index contributed by atoms with van der Waals surface area (Å²) in [5.41, 5.74) is 1.15. The van der Waals surface area contributed by atoms with Crippen LogP contribution in [0.2, 0.25) is 0 Å². The lowest BCUT2D eigenvalue weighted by Gasteiger charge is -2.13. The number of hydrogen-bond acceptors (Lipinski definition) is 5. The topological polar surface area (TPSA) is 46.8 Å². The first-order valence-electron chi connectivity index (χ1n) is 6.55. The van der Waals surface area contributed by atoms with Crippen LogP contribution in [0.15, 0.2) is 12.4 Å². The zero-order chi connectivity index (χ0) is 15.0. The number of rotatable bonds is 3. The van der Waals surface area contributed by atoms with Gasteiger partial charge in [-0.2, -0.15) is 18.3 Å². The molecule has 0 bridgehead atoms. The summed E-state index contributed by atoms with van der Waals surface area (Å²) < 4.78 is 39.4. The standard InChI is InChI=1S/C12H14F3N5S/c1-19-6-9(5-16-19)4-8-2-3-20(7-8)11-18-17-10(21-11)12(13,14)15/h5-6,8H,2-4,7H2,1H3. The van der Waals surface area contributed by atoms with Crippen LogP contribution in [0.25, 0.3) is 0 Å². The molecule has 114 valence electrons. The van der Waals surface area contributed by atoms with Crippen molar-refractivity contribution in [3.8, 4) is 0 Å². The van der Waals surface area contributed by atoms with E-state index < -0.39 is 11.2 Å². The van der Waals surface area contributed by atoms with Crippen molar-refractivity contribution in [3.05, 3.63) is 23.0 Å². The van der Waals surface area contributed by atoms with Gasteiger partial charge in [0.05, 0.1) is 6.20 Å². The Bertz CT molecular complexity index is 620. The first-order valence-corrected chi connectivity index (χ1v) is 7.36. The molecule has 1 aliphatic rings. The minimum Gasteiger partial charge on any atom is -0.346 e. The van der Waals surface area contributed by atoms with E-state index in [-0.39, 0.29) is 0 Å². The van der Waals surface area contributed by atoms with E-state index >= 15 is 0 Å².